The van der Waals surface area contributed by atoms with Gasteiger partial charge in [0.05, 0.1) is 11.1 Å². The molecular formula is C8H3BF7-. The van der Waals surface area contributed by atoms with Crippen LogP contribution in [0, 0.1) is 0 Å². The topological polar surface area (TPSA) is 0 Å². The van der Waals surface area contributed by atoms with E-state index < -0.39 is 28.9 Å². The molecule has 0 N–H and O–H groups in total. The van der Waals surface area contributed by atoms with Crippen molar-refractivity contribution < 1.29 is 30.7 Å². The molecular weight excluding hydrogens is 240 g/mol. The van der Waals surface area contributed by atoms with E-state index >= 15 is 0 Å². The van der Waals surface area contributed by atoms with E-state index in [1.54, 1.807) is 0 Å². The lowest BCUT2D eigenvalue weighted by Crippen LogP contribution is -2.19. The maximum absolute atomic E-state index is 12.2. The lowest BCUT2D eigenvalue weighted by molar-refractivity contribution is -0.142. The molecule has 16 heavy (non-hydrogen) atoms. The summed E-state index contributed by atoms with van der Waals surface area (Å²) in [5.41, 5.74) is -3.85. The first kappa shape index (κ1) is 12.9. The fourth-order valence-electron chi connectivity index (χ4n) is 1.04. The van der Waals surface area contributed by atoms with Gasteiger partial charge >= 0.3 is 12.4 Å². The van der Waals surface area contributed by atoms with Crippen molar-refractivity contribution in [2.24, 2.45) is 0 Å². The second-order valence-electron chi connectivity index (χ2n) is 2.95. The molecule has 0 unspecified atom stereocenters. The molecule has 1 aromatic carbocycles. The molecule has 0 saturated heterocycles. The normalized spacial score (nSPS) is 12.9. The summed E-state index contributed by atoms with van der Waals surface area (Å²) >= 11 is 0. The van der Waals surface area contributed by atoms with Gasteiger partial charge in [-0.15, -0.1) is 0 Å². The standard InChI is InChI=1S/C8H3BF7/c10-7(11,12)4-1-5(8(13,14)15)3-6(2-4)9-16/h1-3H/q-1. The molecule has 8 heteroatoms. The highest BCUT2D eigenvalue weighted by Crippen LogP contribution is 2.34. The lowest BCUT2D eigenvalue weighted by atomic mass is 9.88. The lowest BCUT2D eigenvalue weighted by Gasteiger charge is -2.16. The Hall–Kier alpha value is -1.21. The van der Waals surface area contributed by atoms with Crippen molar-refractivity contribution in [3.05, 3.63) is 29.3 Å². The molecule has 0 saturated carbocycles. The van der Waals surface area contributed by atoms with Crippen LogP contribution in [0.15, 0.2) is 18.2 Å². The Labute approximate surface area is 86.4 Å². The highest BCUT2D eigenvalue weighted by atomic mass is 19.4. The zero-order valence-corrected chi connectivity index (χ0v) is 7.46. The number of benzene rings is 1. The molecule has 0 aliphatic heterocycles. The molecule has 0 aliphatic rings. The van der Waals surface area contributed by atoms with Crippen LogP contribution in [0.2, 0.25) is 0 Å². The summed E-state index contributed by atoms with van der Waals surface area (Å²) in [6.45, 7) is 0. The summed E-state index contributed by atoms with van der Waals surface area (Å²) in [6, 6.07) is 0.539. The van der Waals surface area contributed by atoms with Gasteiger partial charge in [0.15, 0.2) is 0 Å². The molecule has 0 spiro atoms. The van der Waals surface area contributed by atoms with E-state index in [4.69, 9.17) is 0 Å². The Morgan fingerprint density at radius 1 is 0.750 bits per heavy atom. The van der Waals surface area contributed by atoms with Gasteiger partial charge in [-0.25, -0.2) is 5.46 Å². The minimum absolute atomic E-state index is 0.0625. The first-order valence-electron chi connectivity index (χ1n) is 3.87. The Morgan fingerprint density at radius 3 is 1.38 bits per heavy atom. The third-order valence-electron chi connectivity index (χ3n) is 1.74. The first-order chi connectivity index (χ1) is 7.14. The summed E-state index contributed by atoms with van der Waals surface area (Å²) in [7, 11) is -0.315. The van der Waals surface area contributed by atoms with Crippen LogP contribution in [-0.2, 0) is 12.4 Å². The monoisotopic (exact) mass is 243 g/mol. The van der Waals surface area contributed by atoms with Gasteiger partial charge in [0.25, 0.3) is 0 Å². The van der Waals surface area contributed by atoms with Crippen molar-refractivity contribution in [2.45, 2.75) is 12.4 Å². The molecule has 1 aromatic rings. The Balaban J connectivity index is 3.33. The van der Waals surface area contributed by atoms with E-state index in [1.165, 1.54) is 0 Å². The molecule has 1 rings (SSSR count). The van der Waals surface area contributed by atoms with Crippen LogP contribution in [0.1, 0.15) is 11.1 Å². The van der Waals surface area contributed by atoms with E-state index in [9.17, 15) is 30.7 Å². The molecule has 0 aromatic heterocycles. The van der Waals surface area contributed by atoms with Crippen molar-refractivity contribution >= 4 is 13.0 Å². The highest BCUT2D eigenvalue weighted by molar-refractivity contribution is 6.46. The quantitative estimate of drug-likeness (QED) is 0.525. The fourth-order valence-corrected chi connectivity index (χ4v) is 1.04. The SMILES string of the molecule is F[B-]c1cc(C(F)(F)F)cc(C(F)(F)F)c1. The Kier molecular flexibility index (Phi) is 3.21. The molecule has 0 amide bonds. The fraction of sp³-hybridized carbons (Fsp3) is 0.250. The van der Waals surface area contributed by atoms with Crippen LogP contribution >= 0.6 is 0 Å². The maximum atomic E-state index is 12.2. The molecule has 0 bridgehead atoms. The van der Waals surface area contributed by atoms with Gasteiger partial charge in [0.2, 0.25) is 0 Å². The maximum Gasteiger partial charge on any atom is 0.416 e. The first-order valence-corrected chi connectivity index (χ1v) is 3.87. The minimum atomic E-state index is -4.95. The van der Waals surface area contributed by atoms with E-state index in [0.717, 1.165) is 0 Å². The molecule has 0 atom stereocenters. The second-order valence-corrected chi connectivity index (χ2v) is 2.95. The van der Waals surface area contributed by atoms with E-state index in [1.807, 2.05) is 0 Å². The predicted molar refractivity (Wildman–Crippen MR) is 42.9 cm³/mol. The second kappa shape index (κ2) is 3.99. The van der Waals surface area contributed by atoms with Crippen molar-refractivity contribution in [2.75, 3.05) is 0 Å². The summed E-state index contributed by atoms with van der Waals surface area (Å²) in [6.07, 6.45) is -9.89. The molecule has 0 aliphatic carbocycles. The molecule has 2 radical (unpaired) electrons. The molecule has 88 valence electrons. The number of halogens is 7. The van der Waals surface area contributed by atoms with Gasteiger partial charge in [-0.3, -0.25) is 0 Å². The smallest absolute Gasteiger partial charge is 0.416 e. The van der Waals surface area contributed by atoms with Crippen molar-refractivity contribution in [1.82, 2.24) is 0 Å². The van der Waals surface area contributed by atoms with Gasteiger partial charge in [-0.05, 0) is 6.07 Å². The van der Waals surface area contributed by atoms with Crippen LogP contribution in [0.25, 0.3) is 0 Å². The average molecular weight is 243 g/mol. The molecule has 0 fully saturated rings. The number of rotatable bonds is 1. The van der Waals surface area contributed by atoms with Crippen molar-refractivity contribution in [1.29, 1.82) is 0 Å². The summed E-state index contributed by atoms with van der Waals surface area (Å²) in [5.74, 6) is 0. The Bertz CT molecular complexity index is 347. The van der Waals surface area contributed by atoms with Crippen LogP contribution in [0.5, 0.6) is 0 Å². The summed E-state index contributed by atoms with van der Waals surface area (Å²) in [5, 5.41) is 0. The van der Waals surface area contributed by atoms with Crippen LogP contribution in [0.3, 0.4) is 0 Å². The number of alkyl halides is 6. The summed E-state index contributed by atoms with van der Waals surface area (Å²) in [4.78, 5) is 0. The predicted octanol–water partition coefficient (Wildman–Crippen LogP) is 2.94. The van der Waals surface area contributed by atoms with Crippen LogP contribution in [0.4, 0.5) is 30.7 Å². The van der Waals surface area contributed by atoms with Crippen LogP contribution in [-0.4, -0.2) is 7.56 Å². The third kappa shape index (κ3) is 2.90. The van der Waals surface area contributed by atoms with E-state index in [0.29, 0.717) is 12.1 Å². The van der Waals surface area contributed by atoms with Gasteiger partial charge in [0, 0.05) is 0 Å². The van der Waals surface area contributed by atoms with Gasteiger partial charge < -0.3 is 4.32 Å². The largest absolute Gasteiger partial charge is 0.593 e. The van der Waals surface area contributed by atoms with E-state index in [-0.39, 0.29) is 13.6 Å². The van der Waals surface area contributed by atoms with Gasteiger partial charge in [-0.2, -0.15) is 26.3 Å². The van der Waals surface area contributed by atoms with Crippen LogP contribution < -0.4 is 5.46 Å². The van der Waals surface area contributed by atoms with Gasteiger partial charge in [-0.1, -0.05) is 19.7 Å². The zero-order valence-electron chi connectivity index (χ0n) is 7.46. The molecule has 0 heterocycles. The minimum Gasteiger partial charge on any atom is -0.593 e. The zero-order chi connectivity index (χ0) is 12.6. The number of hydrogen-bond acceptors (Lipinski definition) is 0. The van der Waals surface area contributed by atoms with Gasteiger partial charge in [0.1, 0.15) is 0 Å². The van der Waals surface area contributed by atoms with E-state index in [2.05, 4.69) is 0 Å². The van der Waals surface area contributed by atoms with Crippen molar-refractivity contribution in [3.63, 3.8) is 0 Å². The third-order valence-corrected chi connectivity index (χ3v) is 1.74. The molecule has 0 nitrogen and oxygen atoms in total. The Morgan fingerprint density at radius 2 is 1.12 bits per heavy atom. The summed E-state index contributed by atoms with van der Waals surface area (Å²) < 4.78 is 85.0. The van der Waals surface area contributed by atoms with Crippen molar-refractivity contribution in [3.8, 4) is 0 Å². The average Bonchev–Trinajstić information content (AvgIpc) is 2.14. The highest BCUT2D eigenvalue weighted by Gasteiger charge is 2.35. The number of hydrogen-bond donors (Lipinski definition) is 0.